The highest BCUT2D eigenvalue weighted by Gasteiger charge is 2.11. The van der Waals surface area contributed by atoms with Gasteiger partial charge >= 0.3 is 0 Å². The highest BCUT2D eigenvalue weighted by molar-refractivity contribution is 7.80. The Labute approximate surface area is 206 Å². The van der Waals surface area contributed by atoms with E-state index in [-0.39, 0.29) is 0 Å². The molecule has 0 bridgehead atoms. The Bertz CT molecular complexity index is 1250. The predicted octanol–water partition coefficient (Wildman–Crippen LogP) is 6.25. The molecule has 0 aliphatic carbocycles. The van der Waals surface area contributed by atoms with Gasteiger partial charge in [0.15, 0.2) is 10.9 Å². The zero-order valence-corrected chi connectivity index (χ0v) is 20.1. The van der Waals surface area contributed by atoms with Crippen LogP contribution in [0.15, 0.2) is 61.1 Å². The average molecular weight is 506 g/mol. The second kappa shape index (κ2) is 9.92. The number of nitrogens with one attached hydrogen (secondary N) is 2. The maximum Gasteiger partial charge on any atom is 0.176 e. The number of halogens is 3. The van der Waals surface area contributed by atoms with E-state index in [1.165, 1.54) is 11.1 Å². The van der Waals surface area contributed by atoms with Gasteiger partial charge in [0.1, 0.15) is 5.02 Å². The molecule has 0 saturated carbocycles. The molecule has 0 spiro atoms. The normalized spacial score (nSPS) is 10.9. The van der Waals surface area contributed by atoms with Crippen molar-refractivity contribution in [3.05, 3.63) is 92.8 Å². The van der Waals surface area contributed by atoms with Crippen LogP contribution < -0.4 is 10.6 Å². The topological polar surface area (TPSA) is 59.7 Å². The molecule has 2 aromatic heterocycles. The minimum Gasteiger partial charge on any atom is -0.330 e. The van der Waals surface area contributed by atoms with Gasteiger partial charge in [-0.05, 0) is 42.4 Å². The summed E-state index contributed by atoms with van der Waals surface area (Å²) in [6.07, 6.45) is 5.30. The van der Waals surface area contributed by atoms with Gasteiger partial charge < -0.3 is 10.6 Å². The Balaban J connectivity index is 1.36. The zero-order valence-electron chi connectivity index (χ0n) is 17.0. The van der Waals surface area contributed by atoms with E-state index in [4.69, 9.17) is 47.0 Å². The van der Waals surface area contributed by atoms with E-state index in [9.17, 15) is 0 Å². The van der Waals surface area contributed by atoms with E-state index in [2.05, 4.69) is 52.0 Å². The number of hydrogen-bond acceptors (Lipinski definition) is 3. The Morgan fingerprint density at radius 3 is 2.47 bits per heavy atom. The molecule has 0 aliphatic heterocycles. The number of aromatic nitrogens is 4. The highest BCUT2D eigenvalue weighted by Crippen LogP contribution is 2.24. The second-order valence-electron chi connectivity index (χ2n) is 7.25. The lowest BCUT2D eigenvalue weighted by Gasteiger charge is -2.07. The molecule has 0 fully saturated rings. The van der Waals surface area contributed by atoms with E-state index >= 15 is 0 Å². The first-order valence-corrected chi connectivity index (χ1v) is 11.2. The lowest BCUT2D eigenvalue weighted by molar-refractivity contribution is 0.687. The summed E-state index contributed by atoms with van der Waals surface area (Å²) in [5, 5.41) is 16.9. The number of rotatable bonds is 6. The molecule has 4 rings (SSSR count). The molecule has 32 heavy (non-hydrogen) atoms. The summed E-state index contributed by atoms with van der Waals surface area (Å²) in [5.41, 5.74) is 4.04. The Morgan fingerprint density at radius 2 is 1.72 bits per heavy atom. The number of aryl methyl sites for hydroxylation is 1. The summed E-state index contributed by atoms with van der Waals surface area (Å²) in [6, 6.07) is 13.7. The van der Waals surface area contributed by atoms with E-state index in [0.29, 0.717) is 39.1 Å². The van der Waals surface area contributed by atoms with E-state index in [1.54, 1.807) is 29.2 Å². The molecule has 164 valence electrons. The Hall–Kier alpha value is -2.58. The van der Waals surface area contributed by atoms with Crippen LogP contribution in [0.4, 0.5) is 11.5 Å². The van der Waals surface area contributed by atoms with Crippen LogP contribution in [0.1, 0.15) is 16.7 Å². The lowest BCUT2D eigenvalue weighted by Crippen LogP contribution is -2.19. The molecule has 2 N–H and O–H groups in total. The summed E-state index contributed by atoms with van der Waals surface area (Å²) >= 11 is 23.9. The monoisotopic (exact) mass is 504 g/mol. The first-order chi connectivity index (χ1) is 15.4. The van der Waals surface area contributed by atoms with Crippen LogP contribution in [0.5, 0.6) is 0 Å². The summed E-state index contributed by atoms with van der Waals surface area (Å²) in [6.45, 7) is 3.19. The standard InChI is InChI=1S/C22H19Cl3N6S/c1-14-2-4-15(5-3-14)10-30-12-18(9-26-30)27-22(32)28-21-20(25)13-31(29-21)11-16-6-7-17(23)8-19(16)24/h2-9,12-13H,10-11H2,1H3,(H2,27,28,29,32). The van der Waals surface area contributed by atoms with Crippen LogP contribution in [0, 0.1) is 6.92 Å². The van der Waals surface area contributed by atoms with Gasteiger partial charge in [0.25, 0.3) is 0 Å². The Morgan fingerprint density at radius 1 is 0.938 bits per heavy atom. The summed E-state index contributed by atoms with van der Waals surface area (Å²) in [4.78, 5) is 0. The predicted molar refractivity (Wildman–Crippen MR) is 135 cm³/mol. The smallest absolute Gasteiger partial charge is 0.176 e. The molecule has 0 saturated heterocycles. The summed E-state index contributed by atoms with van der Waals surface area (Å²) in [7, 11) is 0. The van der Waals surface area contributed by atoms with Gasteiger partial charge in [-0.2, -0.15) is 10.2 Å². The molecule has 2 aromatic carbocycles. The van der Waals surface area contributed by atoms with Crippen molar-refractivity contribution in [3.63, 3.8) is 0 Å². The third-order valence-corrected chi connectivity index (χ3v) is 5.72. The largest absolute Gasteiger partial charge is 0.330 e. The molecule has 2 heterocycles. The number of nitrogens with zero attached hydrogens (tertiary/aromatic N) is 4. The fourth-order valence-corrected chi connectivity index (χ4v) is 3.93. The molecule has 0 atom stereocenters. The van der Waals surface area contributed by atoms with Crippen LogP contribution in [0.2, 0.25) is 15.1 Å². The maximum absolute atomic E-state index is 6.32. The molecule has 0 aliphatic rings. The van der Waals surface area contributed by atoms with Crippen molar-refractivity contribution in [2.45, 2.75) is 20.0 Å². The lowest BCUT2D eigenvalue weighted by atomic mass is 10.1. The van der Waals surface area contributed by atoms with Crippen LogP contribution in [0.25, 0.3) is 0 Å². The van der Waals surface area contributed by atoms with E-state index in [1.807, 2.05) is 16.9 Å². The molecule has 4 aromatic rings. The van der Waals surface area contributed by atoms with Gasteiger partial charge in [-0.15, -0.1) is 0 Å². The SMILES string of the molecule is Cc1ccc(Cn2cc(NC(=S)Nc3nn(Cc4ccc(Cl)cc4Cl)cc3Cl)cn2)cc1. The minimum atomic E-state index is 0.358. The van der Waals surface area contributed by atoms with Crippen LogP contribution >= 0.6 is 47.0 Å². The molecule has 0 amide bonds. The number of thiocarbonyl (C=S) groups is 1. The van der Waals surface area contributed by atoms with Crippen LogP contribution in [-0.4, -0.2) is 24.7 Å². The fraction of sp³-hybridized carbons (Fsp3) is 0.136. The van der Waals surface area contributed by atoms with Crippen molar-refractivity contribution >= 4 is 63.6 Å². The van der Waals surface area contributed by atoms with Crippen LogP contribution in [-0.2, 0) is 13.1 Å². The quantitative estimate of drug-likeness (QED) is 0.303. The fourth-order valence-electron chi connectivity index (χ4n) is 3.05. The molecular weight excluding hydrogens is 487 g/mol. The van der Waals surface area contributed by atoms with Crippen molar-refractivity contribution in [2.24, 2.45) is 0 Å². The average Bonchev–Trinajstić information content (AvgIpc) is 3.31. The molecular formula is C22H19Cl3N6S. The van der Waals surface area contributed by atoms with Gasteiger partial charge in [-0.25, -0.2) is 0 Å². The number of hydrogen-bond donors (Lipinski definition) is 2. The maximum atomic E-state index is 6.32. The van der Waals surface area contributed by atoms with Gasteiger partial charge in [0.2, 0.25) is 0 Å². The number of benzene rings is 2. The van der Waals surface area contributed by atoms with Crippen molar-refractivity contribution in [3.8, 4) is 0 Å². The summed E-state index contributed by atoms with van der Waals surface area (Å²) < 4.78 is 3.52. The van der Waals surface area contributed by atoms with Gasteiger partial charge in [0.05, 0.1) is 25.0 Å². The highest BCUT2D eigenvalue weighted by atomic mass is 35.5. The van der Waals surface area contributed by atoms with Crippen molar-refractivity contribution in [1.29, 1.82) is 0 Å². The second-order valence-corrected chi connectivity index (χ2v) is 8.91. The van der Waals surface area contributed by atoms with E-state index in [0.717, 1.165) is 11.3 Å². The first kappa shape index (κ1) is 22.6. The van der Waals surface area contributed by atoms with Gasteiger partial charge in [-0.1, -0.05) is 70.7 Å². The first-order valence-electron chi connectivity index (χ1n) is 9.68. The van der Waals surface area contributed by atoms with Crippen molar-refractivity contribution in [1.82, 2.24) is 19.6 Å². The van der Waals surface area contributed by atoms with Crippen LogP contribution in [0.3, 0.4) is 0 Å². The Kier molecular flexibility index (Phi) is 7.01. The zero-order chi connectivity index (χ0) is 22.7. The molecule has 6 nitrogen and oxygen atoms in total. The molecule has 0 unspecified atom stereocenters. The third-order valence-electron chi connectivity index (χ3n) is 4.65. The van der Waals surface area contributed by atoms with Crippen molar-refractivity contribution in [2.75, 3.05) is 10.6 Å². The third kappa shape index (κ3) is 5.81. The number of anilines is 2. The molecule has 0 radical (unpaired) electrons. The van der Waals surface area contributed by atoms with Gasteiger partial charge in [-0.3, -0.25) is 9.36 Å². The van der Waals surface area contributed by atoms with Crippen molar-refractivity contribution < 1.29 is 0 Å². The summed E-state index contributed by atoms with van der Waals surface area (Å²) in [5.74, 6) is 0.446. The van der Waals surface area contributed by atoms with Gasteiger partial charge in [0, 0.05) is 22.4 Å². The van der Waals surface area contributed by atoms with E-state index < -0.39 is 0 Å². The minimum absolute atomic E-state index is 0.358. The molecule has 10 heteroatoms.